The van der Waals surface area contributed by atoms with Crippen LogP contribution in [0.5, 0.6) is 0 Å². The molecule has 0 unspecified atom stereocenters. The van der Waals surface area contributed by atoms with Crippen LogP contribution in [-0.4, -0.2) is 20.4 Å². The number of benzene rings is 1. The smallest absolute Gasteiger partial charge is 0.270 e. The number of hydrogen-bond acceptors (Lipinski definition) is 5. The minimum Gasteiger partial charge on any atom is -0.369 e. The summed E-state index contributed by atoms with van der Waals surface area (Å²) in [6.07, 6.45) is 1.47. The number of hydrogen-bond donors (Lipinski definition) is 1. The van der Waals surface area contributed by atoms with Gasteiger partial charge >= 0.3 is 0 Å². The molecule has 0 saturated carbocycles. The number of rotatable bonds is 1. The van der Waals surface area contributed by atoms with Crippen molar-refractivity contribution in [3.63, 3.8) is 0 Å². The van der Waals surface area contributed by atoms with Gasteiger partial charge in [-0.3, -0.25) is 14.6 Å². The summed E-state index contributed by atoms with van der Waals surface area (Å²) in [7, 11) is 0. The van der Waals surface area contributed by atoms with Gasteiger partial charge in [0.1, 0.15) is 0 Å². The molecule has 0 atom stereocenters. The van der Waals surface area contributed by atoms with Gasteiger partial charge in [-0.05, 0) is 25.1 Å². The number of nitrogens with zero attached hydrogens (tertiary/aromatic N) is 3. The highest BCUT2D eigenvalue weighted by Gasteiger charge is 2.16. The minimum absolute atomic E-state index is 0.146. The van der Waals surface area contributed by atoms with Crippen LogP contribution >= 0.6 is 0 Å². The largest absolute Gasteiger partial charge is 0.369 e. The number of nitrogen functional groups attached to an aromatic ring is 1. The van der Waals surface area contributed by atoms with Crippen molar-refractivity contribution in [2.45, 2.75) is 6.92 Å². The molecular formula is C15H12N4O2. The Labute approximate surface area is 119 Å². The van der Waals surface area contributed by atoms with Crippen molar-refractivity contribution in [1.29, 1.82) is 0 Å². The molecule has 0 saturated heterocycles. The van der Waals surface area contributed by atoms with Crippen LogP contribution in [0.15, 0.2) is 47.4 Å². The Morgan fingerprint density at radius 1 is 1.24 bits per heavy atom. The highest BCUT2D eigenvalue weighted by atomic mass is 16.2. The predicted octanol–water partition coefficient (Wildman–Crippen LogP) is 1.37. The van der Waals surface area contributed by atoms with Gasteiger partial charge in [0.2, 0.25) is 5.95 Å². The molecule has 0 aliphatic carbocycles. The van der Waals surface area contributed by atoms with Gasteiger partial charge in [0, 0.05) is 11.3 Å². The standard InChI is InChI=1S/C15H12N4O2/c1-9-7-11-12(8-17-9)18-15(16)19(14(11)21)13(20)10-5-3-2-4-6-10/h2-8H,1H3,(H2,16,18). The van der Waals surface area contributed by atoms with Crippen molar-refractivity contribution < 1.29 is 4.79 Å². The van der Waals surface area contributed by atoms with Crippen LogP contribution in [0.1, 0.15) is 16.1 Å². The van der Waals surface area contributed by atoms with Crippen LogP contribution in [-0.2, 0) is 0 Å². The number of fused-ring (bicyclic) bond motifs is 1. The van der Waals surface area contributed by atoms with Gasteiger partial charge in [-0.15, -0.1) is 0 Å². The minimum atomic E-state index is -0.498. The lowest BCUT2D eigenvalue weighted by Gasteiger charge is -2.09. The second-order valence-electron chi connectivity index (χ2n) is 4.62. The Morgan fingerprint density at radius 3 is 2.67 bits per heavy atom. The molecule has 2 aromatic heterocycles. The van der Waals surface area contributed by atoms with Crippen LogP contribution in [0, 0.1) is 6.92 Å². The first-order chi connectivity index (χ1) is 10.1. The molecular weight excluding hydrogens is 268 g/mol. The van der Waals surface area contributed by atoms with E-state index in [9.17, 15) is 9.59 Å². The topological polar surface area (TPSA) is 90.9 Å². The number of anilines is 1. The summed E-state index contributed by atoms with van der Waals surface area (Å²) in [5.74, 6) is -0.644. The molecule has 0 amide bonds. The molecule has 0 aliphatic heterocycles. The van der Waals surface area contributed by atoms with Crippen LogP contribution in [0.4, 0.5) is 5.95 Å². The Hall–Kier alpha value is -3.02. The average Bonchev–Trinajstić information content (AvgIpc) is 2.49. The molecule has 1 aromatic carbocycles. The Balaban J connectivity index is 2.28. The summed E-state index contributed by atoms with van der Waals surface area (Å²) in [6, 6.07) is 10.1. The normalized spacial score (nSPS) is 10.7. The molecule has 6 heteroatoms. The molecule has 0 aliphatic rings. The van der Waals surface area contributed by atoms with Crippen LogP contribution in [0.3, 0.4) is 0 Å². The fourth-order valence-electron chi connectivity index (χ4n) is 2.12. The van der Waals surface area contributed by atoms with E-state index in [0.29, 0.717) is 22.2 Å². The third-order valence-corrected chi connectivity index (χ3v) is 3.14. The van der Waals surface area contributed by atoms with Gasteiger partial charge in [-0.2, -0.15) is 0 Å². The van der Waals surface area contributed by atoms with Gasteiger partial charge in [-0.1, -0.05) is 18.2 Å². The van der Waals surface area contributed by atoms with E-state index in [1.165, 1.54) is 6.20 Å². The second kappa shape index (κ2) is 4.82. The van der Waals surface area contributed by atoms with Crippen molar-refractivity contribution in [1.82, 2.24) is 14.5 Å². The molecule has 6 nitrogen and oxygen atoms in total. The number of aromatic nitrogens is 3. The van der Waals surface area contributed by atoms with Crippen molar-refractivity contribution in [3.8, 4) is 0 Å². The SMILES string of the molecule is Cc1cc2c(=O)n(C(=O)c3ccccc3)c(N)nc2cn1. The number of carbonyl (C=O) groups excluding carboxylic acids is 1. The van der Waals surface area contributed by atoms with E-state index in [0.717, 1.165) is 4.57 Å². The highest BCUT2D eigenvalue weighted by molar-refractivity contribution is 5.98. The van der Waals surface area contributed by atoms with Gasteiger partial charge < -0.3 is 5.73 Å². The van der Waals surface area contributed by atoms with Gasteiger partial charge in [0.25, 0.3) is 11.5 Å². The first-order valence-electron chi connectivity index (χ1n) is 6.32. The van der Waals surface area contributed by atoms with E-state index < -0.39 is 11.5 Å². The van der Waals surface area contributed by atoms with Gasteiger partial charge in [0.05, 0.1) is 17.1 Å². The second-order valence-corrected chi connectivity index (χ2v) is 4.62. The summed E-state index contributed by atoms with van der Waals surface area (Å²) in [5, 5.41) is 0.320. The number of pyridine rings is 1. The molecule has 2 N–H and O–H groups in total. The molecule has 0 bridgehead atoms. The zero-order chi connectivity index (χ0) is 15.0. The predicted molar refractivity (Wildman–Crippen MR) is 79.1 cm³/mol. The zero-order valence-corrected chi connectivity index (χ0v) is 11.3. The average molecular weight is 280 g/mol. The lowest BCUT2D eigenvalue weighted by atomic mass is 10.2. The fourth-order valence-corrected chi connectivity index (χ4v) is 2.12. The van der Waals surface area contributed by atoms with E-state index in [1.807, 2.05) is 0 Å². The molecule has 0 fully saturated rings. The third-order valence-electron chi connectivity index (χ3n) is 3.14. The van der Waals surface area contributed by atoms with Crippen molar-refractivity contribution in [3.05, 3.63) is 64.2 Å². The maximum Gasteiger partial charge on any atom is 0.270 e. The van der Waals surface area contributed by atoms with Crippen LogP contribution < -0.4 is 11.3 Å². The van der Waals surface area contributed by atoms with E-state index in [4.69, 9.17) is 5.73 Å². The maximum absolute atomic E-state index is 12.5. The Kier molecular flexibility index (Phi) is 2.98. The van der Waals surface area contributed by atoms with E-state index in [-0.39, 0.29) is 5.95 Å². The Morgan fingerprint density at radius 2 is 1.95 bits per heavy atom. The molecule has 104 valence electrons. The van der Waals surface area contributed by atoms with E-state index in [1.54, 1.807) is 43.3 Å². The summed E-state index contributed by atoms with van der Waals surface area (Å²) in [4.78, 5) is 33.1. The highest BCUT2D eigenvalue weighted by Crippen LogP contribution is 2.11. The van der Waals surface area contributed by atoms with Crippen molar-refractivity contribution >= 4 is 22.8 Å². The van der Waals surface area contributed by atoms with Gasteiger partial charge in [-0.25, -0.2) is 9.55 Å². The van der Waals surface area contributed by atoms with Crippen LogP contribution in [0.2, 0.25) is 0 Å². The maximum atomic E-state index is 12.5. The summed E-state index contributed by atoms with van der Waals surface area (Å²) >= 11 is 0. The summed E-state index contributed by atoms with van der Waals surface area (Å²) < 4.78 is 0.886. The number of nitrogens with two attached hydrogens (primary N) is 1. The van der Waals surface area contributed by atoms with Crippen molar-refractivity contribution in [2.75, 3.05) is 5.73 Å². The first-order valence-corrected chi connectivity index (χ1v) is 6.32. The monoisotopic (exact) mass is 280 g/mol. The molecule has 0 radical (unpaired) electrons. The van der Waals surface area contributed by atoms with Crippen LogP contribution in [0.25, 0.3) is 10.9 Å². The number of carbonyl (C=O) groups is 1. The molecule has 3 rings (SSSR count). The zero-order valence-electron chi connectivity index (χ0n) is 11.3. The molecule has 0 spiro atoms. The Bertz CT molecular complexity index is 901. The van der Waals surface area contributed by atoms with Gasteiger partial charge in [0.15, 0.2) is 0 Å². The third kappa shape index (κ3) is 2.16. The lowest BCUT2D eigenvalue weighted by molar-refractivity contribution is 0.0958. The first kappa shape index (κ1) is 13.0. The molecule has 2 heterocycles. The van der Waals surface area contributed by atoms with E-state index in [2.05, 4.69) is 9.97 Å². The fraction of sp³-hybridized carbons (Fsp3) is 0.0667. The molecule has 3 aromatic rings. The quantitative estimate of drug-likeness (QED) is 0.727. The lowest BCUT2D eigenvalue weighted by Crippen LogP contribution is -2.30. The van der Waals surface area contributed by atoms with E-state index >= 15 is 0 Å². The summed E-state index contributed by atoms with van der Waals surface area (Å²) in [5.41, 5.74) is 6.70. The van der Waals surface area contributed by atoms with Crippen molar-refractivity contribution in [2.24, 2.45) is 0 Å². The number of aryl methyl sites for hydroxylation is 1. The molecule has 21 heavy (non-hydrogen) atoms. The summed E-state index contributed by atoms with van der Waals surface area (Å²) in [6.45, 7) is 1.76.